The molecule has 0 bridgehead atoms. The first-order chi connectivity index (χ1) is 7.81. The predicted molar refractivity (Wildman–Crippen MR) is 68.0 cm³/mol. The molecule has 0 spiro atoms. The number of hydrogen-bond acceptors (Lipinski definition) is 1. The van der Waals surface area contributed by atoms with Crippen molar-refractivity contribution in [2.45, 2.75) is 50.6 Å². The van der Waals surface area contributed by atoms with Gasteiger partial charge in [0.25, 0.3) is 0 Å². The quantitative estimate of drug-likeness (QED) is 0.829. The summed E-state index contributed by atoms with van der Waals surface area (Å²) in [6.07, 6.45) is 7.89. The lowest BCUT2D eigenvalue weighted by atomic mass is 10.1. The highest BCUT2D eigenvalue weighted by Gasteiger charge is 2.25. The van der Waals surface area contributed by atoms with Gasteiger partial charge < -0.3 is 5.32 Å². The van der Waals surface area contributed by atoms with Crippen LogP contribution in [0.5, 0.6) is 0 Å². The normalized spacial score (nSPS) is 24.9. The van der Waals surface area contributed by atoms with Crippen LogP contribution in [0.15, 0.2) is 18.2 Å². The highest BCUT2D eigenvalue weighted by Crippen LogP contribution is 2.27. The van der Waals surface area contributed by atoms with Gasteiger partial charge in [-0.05, 0) is 48.9 Å². The van der Waals surface area contributed by atoms with Crippen LogP contribution >= 0.6 is 11.6 Å². The number of fused-ring (bicyclic) bond motifs is 1. The van der Waals surface area contributed by atoms with E-state index in [1.54, 1.807) is 0 Å². The third kappa shape index (κ3) is 2.11. The summed E-state index contributed by atoms with van der Waals surface area (Å²) in [5, 5.41) is 4.68. The molecule has 3 rings (SSSR count). The fourth-order valence-corrected chi connectivity index (χ4v) is 3.33. The Morgan fingerprint density at radius 2 is 1.75 bits per heavy atom. The third-order valence-corrected chi connectivity index (χ3v) is 4.16. The molecule has 86 valence electrons. The molecule has 0 amide bonds. The molecule has 1 aromatic rings. The lowest BCUT2D eigenvalue weighted by Crippen LogP contribution is -2.37. The van der Waals surface area contributed by atoms with E-state index in [-0.39, 0.29) is 0 Å². The van der Waals surface area contributed by atoms with Crippen LogP contribution in [0.4, 0.5) is 0 Å². The van der Waals surface area contributed by atoms with Crippen LogP contribution in [0.25, 0.3) is 0 Å². The Labute approximate surface area is 102 Å². The number of rotatable bonds is 2. The largest absolute Gasteiger partial charge is 0.311 e. The maximum absolute atomic E-state index is 6.02. The van der Waals surface area contributed by atoms with Crippen LogP contribution in [-0.2, 0) is 12.8 Å². The van der Waals surface area contributed by atoms with E-state index in [0.717, 1.165) is 17.5 Å². The van der Waals surface area contributed by atoms with E-state index in [1.165, 1.54) is 43.2 Å². The molecule has 1 atom stereocenters. The summed E-state index contributed by atoms with van der Waals surface area (Å²) in [5.74, 6) is 0. The van der Waals surface area contributed by atoms with Crippen molar-refractivity contribution in [3.63, 3.8) is 0 Å². The minimum atomic E-state index is 0.650. The highest BCUT2D eigenvalue weighted by molar-refractivity contribution is 6.30. The highest BCUT2D eigenvalue weighted by atomic mass is 35.5. The second kappa shape index (κ2) is 4.38. The Morgan fingerprint density at radius 3 is 2.56 bits per heavy atom. The van der Waals surface area contributed by atoms with Crippen LogP contribution in [-0.4, -0.2) is 12.1 Å². The van der Waals surface area contributed by atoms with Gasteiger partial charge in [0.15, 0.2) is 0 Å². The molecule has 1 unspecified atom stereocenters. The molecule has 1 aromatic carbocycles. The predicted octanol–water partition coefficient (Wildman–Crippen LogP) is 3.34. The van der Waals surface area contributed by atoms with Gasteiger partial charge in [0.05, 0.1) is 0 Å². The first-order valence-electron chi connectivity index (χ1n) is 6.34. The molecule has 0 radical (unpaired) electrons. The van der Waals surface area contributed by atoms with Gasteiger partial charge in [0.2, 0.25) is 0 Å². The molecule has 16 heavy (non-hydrogen) atoms. The molecule has 1 fully saturated rings. The second-order valence-corrected chi connectivity index (χ2v) is 5.60. The second-order valence-electron chi connectivity index (χ2n) is 5.17. The fourth-order valence-electron chi connectivity index (χ4n) is 3.13. The molecule has 0 heterocycles. The zero-order valence-corrected chi connectivity index (χ0v) is 10.3. The Bertz CT molecular complexity index is 382. The molecule has 2 aliphatic rings. The van der Waals surface area contributed by atoms with Crippen molar-refractivity contribution in [3.05, 3.63) is 34.3 Å². The van der Waals surface area contributed by atoms with Crippen molar-refractivity contribution < 1.29 is 0 Å². The number of nitrogens with one attached hydrogen (secondary N) is 1. The van der Waals surface area contributed by atoms with Gasteiger partial charge >= 0.3 is 0 Å². The molecule has 0 aliphatic heterocycles. The molecule has 0 aromatic heterocycles. The first kappa shape index (κ1) is 10.6. The van der Waals surface area contributed by atoms with Crippen LogP contribution < -0.4 is 5.32 Å². The lowest BCUT2D eigenvalue weighted by molar-refractivity contribution is 0.440. The Hall–Kier alpha value is -0.530. The van der Waals surface area contributed by atoms with Gasteiger partial charge in [-0.3, -0.25) is 0 Å². The number of halogens is 1. The minimum Gasteiger partial charge on any atom is -0.311 e. The number of hydrogen-bond donors (Lipinski definition) is 1. The molecular weight excluding hydrogens is 218 g/mol. The summed E-state index contributed by atoms with van der Waals surface area (Å²) >= 11 is 6.02. The summed E-state index contributed by atoms with van der Waals surface area (Å²) in [6, 6.07) is 7.76. The molecular formula is C14H18ClN. The molecule has 0 saturated heterocycles. The average molecular weight is 236 g/mol. The third-order valence-electron chi connectivity index (χ3n) is 3.93. The monoisotopic (exact) mass is 235 g/mol. The summed E-state index contributed by atoms with van der Waals surface area (Å²) in [7, 11) is 0. The van der Waals surface area contributed by atoms with Crippen molar-refractivity contribution >= 4 is 11.6 Å². The van der Waals surface area contributed by atoms with E-state index < -0.39 is 0 Å². The molecule has 1 saturated carbocycles. The SMILES string of the molecule is Clc1ccc2c(c1)CC(NC1CCCC1)C2. The van der Waals surface area contributed by atoms with Crippen molar-refractivity contribution in [2.75, 3.05) is 0 Å². The zero-order chi connectivity index (χ0) is 11.0. The Kier molecular flexibility index (Phi) is 2.91. The van der Waals surface area contributed by atoms with Gasteiger partial charge in [0, 0.05) is 17.1 Å². The van der Waals surface area contributed by atoms with Crippen LogP contribution in [0.1, 0.15) is 36.8 Å². The van der Waals surface area contributed by atoms with Gasteiger partial charge in [-0.2, -0.15) is 0 Å². The zero-order valence-electron chi connectivity index (χ0n) is 9.51. The summed E-state index contributed by atoms with van der Waals surface area (Å²) in [5.41, 5.74) is 2.93. The maximum atomic E-state index is 6.02. The van der Waals surface area contributed by atoms with Gasteiger partial charge in [-0.15, -0.1) is 0 Å². The number of benzene rings is 1. The lowest BCUT2D eigenvalue weighted by Gasteiger charge is -2.17. The summed E-state index contributed by atoms with van der Waals surface area (Å²) in [4.78, 5) is 0. The summed E-state index contributed by atoms with van der Waals surface area (Å²) in [6.45, 7) is 0. The van der Waals surface area contributed by atoms with Crippen molar-refractivity contribution in [3.8, 4) is 0 Å². The van der Waals surface area contributed by atoms with E-state index >= 15 is 0 Å². The molecule has 2 aliphatic carbocycles. The summed E-state index contributed by atoms with van der Waals surface area (Å²) < 4.78 is 0. The van der Waals surface area contributed by atoms with E-state index in [4.69, 9.17) is 11.6 Å². The minimum absolute atomic E-state index is 0.650. The van der Waals surface area contributed by atoms with Gasteiger partial charge in [0.1, 0.15) is 0 Å². The molecule has 2 heteroatoms. The van der Waals surface area contributed by atoms with Crippen LogP contribution in [0.3, 0.4) is 0 Å². The van der Waals surface area contributed by atoms with Crippen molar-refractivity contribution in [2.24, 2.45) is 0 Å². The van der Waals surface area contributed by atoms with Gasteiger partial charge in [-0.25, -0.2) is 0 Å². The molecule has 1 nitrogen and oxygen atoms in total. The topological polar surface area (TPSA) is 12.0 Å². The molecule has 1 N–H and O–H groups in total. The van der Waals surface area contributed by atoms with E-state index in [0.29, 0.717) is 6.04 Å². The van der Waals surface area contributed by atoms with Crippen LogP contribution in [0, 0.1) is 0 Å². The smallest absolute Gasteiger partial charge is 0.0408 e. The Morgan fingerprint density at radius 1 is 1.00 bits per heavy atom. The van der Waals surface area contributed by atoms with Crippen LogP contribution in [0.2, 0.25) is 5.02 Å². The average Bonchev–Trinajstić information content (AvgIpc) is 2.86. The fraction of sp³-hybridized carbons (Fsp3) is 0.571. The van der Waals surface area contributed by atoms with E-state index in [9.17, 15) is 0 Å². The first-order valence-corrected chi connectivity index (χ1v) is 6.72. The van der Waals surface area contributed by atoms with E-state index in [1.807, 2.05) is 6.07 Å². The van der Waals surface area contributed by atoms with Crippen molar-refractivity contribution in [1.82, 2.24) is 5.32 Å². The van der Waals surface area contributed by atoms with Gasteiger partial charge in [-0.1, -0.05) is 30.5 Å². The van der Waals surface area contributed by atoms with E-state index in [2.05, 4.69) is 17.4 Å². The Balaban J connectivity index is 1.65. The maximum Gasteiger partial charge on any atom is 0.0408 e. The standard InChI is InChI=1S/C14H18ClN/c15-12-6-5-10-8-14(9-11(10)7-12)16-13-3-1-2-4-13/h5-7,13-14,16H,1-4,8-9H2. The van der Waals surface area contributed by atoms with Crippen molar-refractivity contribution in [1.29, 1.82) is 0 Å².